The summed E-state index contributed by atoms with van der Waals surface area (Å²) in [5.41, 5.74) is 0. The van der Waals surface area contributed by atoms with E-state index in [1.807, 2.05) is 0 Å². The fourth-order valence-electron chi connectivity index (χ4n) is 1.90. The molecule has 0 radical (unpaired) electrons. The van der Waals surface area contributed by atoms with E-state index in [9.17, 15) is 0 Å². The monoisotopic (exact) mass is 184 g/mol. The smallest absolute Gasteiger partial charge is 0.00722 e. The van der Waals surface area contributed by atoms with Gasteiger partial charge in [-0.15, -0.1) is 0 Å². The van der Waals surface area contributed by atoms with E-state index in [1.165, 1.54) is 19.4 Å². The van der Waals surface area contributed by atoms with Crippen LogP contribution < -0.4 is 10.6 Å². The molecule has 2 heteroatoms. The van der Waals surface area contributed by atoms with Crippen LogP contribution >= 0.6 is 0 Å². The van der Waals surface area contributed by atoms with Crippen molar-refractivity contribution < 1.29 is 0 Å². The highest BCUT2D eigenvalue weighted by Gasteiger charge is 2.24. The summed E-state index contributed by atoms with van der Waals surface area (Å²) in [6.45, 7) is 10.2. The Morgan fingerprint density at radius 1 is 1.31 bits per heavy atom. The van der Waals surface area contributed by atoms with Crippen molar-refractivity contribution >= 4 is 0 Å². The van der Waals surface area contributed by atoms with Crippen molar-refractivity contribution in [3.05, 3.63) is 0 Å². The molecule has 78 valence electrons. The van der Waals surface area contributed by atoms with Gasteiger partial charge in [-0.3, -0.25) is 0 Å². The maximum absolute atomic E-state index is 3.62. The maximum atomic E-state index is 3.62. The zero-order valence-electron chi connectivity index (χ0n) is 9.27. The van der Waals surface area contributed by atoms with Gasteiger partial charge >= 0.3 is 0 Å². The van der Waals surface area contributed by atoms with Crippen LogP contribution in [-0.4, -0.2) is 25.7 Å². The summed E-state index contributed by atoms with van der Waals surface area (Å²) < 4.78 is 0. The molecule has 2 nitrogen and oxygen atoms in total. The lowest BCUT2D eigenvalue weighted by molar-refractivity contribution is 0.233. The molecule has 0 amide bonds. The van der Waals surface area contributed by atoms with Crippen molar-refractivity contribution in [3.63, 3.8) is 0 Å². The standard InChI is InChI=1S/C11H24N2/c1-4-12-7-10(3)8-13-11-5-9(2)6-11/h9-13H,4-8H2,1-3H3. The minimum atomic E-state index is 0.760. The molecule has 1 rings (SSSR count). The van der Waals surface area contributed by atoms with Gasteiger partial charge in [-0.05, 0) is 44.3 Å². The summed E-state index contributed by atoms with van der Waals surface area (Å²) in [7, 11) is 0. The number of rotatable bonds is 6. The van der Waals surface area contributed by atoms with Gasteiger partial charge in [-0.25, -0.2) is 0 Å². The van der Waals surface area contributed by atoms with Gasteiger partial charge < -0.3 is 10.6 Å². The third kappa shape index (κ3) is 4.10. The van der Waals surface area contributed by atoms with Crippen LogP contribution in [0.5, 0.6) is 0 Å². The molecule has 0 spiro atoms. The molecule has 1 fully saturated rings. The first-order valence-corrected chi connectivity index (χ1v) is 5.66. The molecule has 1 saturated carbocycles. The molecule has 0 aromatic carbocycles. The number of nitrogens with one attached hydrogen (secondary N) is 2. The average molecular weight is 184 g/mol. The van der Waals surface area contributed by atoms with Gasteiger partial charge in [-0.1, -0.05) is 20.8 Å². The highest BCUT2D eigenvalue weighted by molar-refractivity contribution is 4.82. The Kier molecular flexibility index (Phi) is 4.74. The summed E-state index contributed by atoms with van der Waals surface area (Å²) in [5.74, 6) is 1.72. The Bertz CT molecular complexity index is 130. The minimum Gasteiger partial charge on any atom is -0.317 e. The molecule has 0 aliphatic heterocycles. The van der Waals surface area contributed by atoms with Crippen LogP contribution in [0.3, 0.4) is 0 Å². The largest absolute Gasteiger partial charge is 0.317 e. The highest BCUT2D eigenvalue weighted by Crippen LogP contribution is 2.26. The summed E-state index contributed by atoms with van der Waals surface area (Å²) in [6, 6.07) is 0.819. The predicted molar refractivity (Wildman–Crippen MR) is 57.9 cm³/mol. The molecule has 0 heterocycles. The lowest BCUT2D eigenvalue weighted by Gasteiger charge is -2.34. The number of hydrogen-bond donors (Lipinski definition) is 2. The Morgan fingerprint density at radius 2 is 2.00 bits per heavy atom. The van der Waals surface area contributed by atoms with Gasteiger partial charge in [0.1, 0.15) is 0 Å². The van der Waals surface area contributed by atoms with Crippen molar-refractivity contribution in [3.8, 4) is 0 Å². The quantitative estimate of drug-likeness (QED) is 0.655. The first kappa shape index (κ1) is 11.0. The third-order valence-electron chi connectivity index (χ3n) is 2.87. The second-order valence-corrected chi connectivity index (χ2v) is 4.59. The third-order valence-corrected chi connectivity index (χ3v) is 2.87. The van der Waals surface area contributed by atoms with E-state index in [0.717, 1.165) is 31.0 Å². The van der Waals surface area contributed by atoms with Gasteiger partial charge in [0.15, 0.2) is 0 Å². The van der Waals surface area contributed by atoms with Crippen molar-refractivity contribution in [2.75, 3.05) is 19.6 Å². The maximum Gasteiger partial charge on any atom is 0.00722 e. The molecule has 0 aromatic rings. The van der Waals surface area contributed by atoms with Crippen molar-refractivity contribution in [1.29, 1.82) is 0 Å². The fraction of sp³-hybridized carbons (Fsp3) is 1.00. The summed E-state index contributed by atoms with van der Waals surface area (Å²) in [6.07, 6.45) is 2.77. The van der Waals surface area contributed by atoms with Crippen LogP contribution in [0.15, 0.2) is 0 Å². The molecule has 1 atom stereocenters. The van der Waals surface area contributed by atoms with E-state index in [2.05, 4.69) is 31.4 Å². The Hall–Kier alpha value is -0.0800. The highest BCUT2D eigenvalue weighted by atomic mass is 14.9. The van der Waals surface area contributed by atoms with E-state index in [-0.39, 0.29) is 0 Å². The number of hydrogen-bond acceptors (Lipinski definition) is 2. The second-order valence-electron chi connectivity index (χ2n) is 4.59. The molecule has 13 heavy (non-hydrogen) atoms. The topological polar surface area (TPSA) is 24.1 Å². The summed E-state index contributed by atoms with van der Waals surface area (Å²) in [4.78, 5) is 0. The SMILES string of the molecule is CCNCC(C)CNC1CC(C)C1. The lowest BCUT2D eigenvalue weighted by atomic mass is 9.82. The second kappa shape index (κ2) is 5.61. The fourth-order valence-corrected chi connectivity index (χ4v) is 1.90. The van der Waals surface area contributed by atoms with Crippen LogP contribution in [0.25, 0.3) is 0 Å². The first-order valence-electron chi connectivity index (χ1n) is 5.66. The Balaban J connectivity index is 1.92. The zero-order chi connectivity index (χ0) is 9.68. The Morgan fingerprint density at radius 3 is 2.54 bits per heavy atom. The van der Waals surface area contributed by atoms with E-state index >= 15 is 0 Å². The van der Waals surface area contributed by atoms with Crippen molar-refractivity contribution in [2.24, 2.45) is 11.8 Å². The predicted octanol–water partition coefficient (Wildman–Crippen LogP) is 1.62. The van der Waals surface area contributed by atoms with E-state index in [0.29, 0.717) is 0 Å². The zero-order valence-corrected chi connectivity index (χ0v) is 9.27. The molecule has 1 aliphatic rings. The van der Waals surface area contributed by atoms with Gasteiger partial charge in [-0.2, -0.15) is 0 Å². The summed E-state index contributed by atoms with van der Waals surface area (Å²) in [5, 5.41) is 6.99. The van der Waals surface area contributed by atoms with E-state index in [1.54, 1.807) is 0 Å². The van der Waals surface area contributed by atoms with Gasteiger partial charge in [0.2, 0.25) is 0 Å². The molecule has 0 aromatic heterocycles. The average Bonchev–Trinajstić information content (AvgIpc) is 2.07. The van der Waals surface area contributed by atoms with Crippen LogP contribution in [0, 0.1) is 11.8 Å². The summed E-state index contributed by atoms with van der Waals surface area (Å²) >= 11 is 0. The molecule has 1 aliphatic carbocycles. The van der Waals surface area contributed by atoms with Crippen LogP contribution in [0.4, 0.5) is 0 Å². The van der Waals surface area contributed by atoms with Gasteiger partial charge in [0.05, 0.1) is 0 Å². The molecular weight excluding hydrogens is 160 g/mol. The van der Waals surface area contributed by atoms with Crippen LogP contribution in [0.2, 0.25) is 0 Å². The molecule has 0 bridgehead atoms. The molecule has 0 saturated heterocycles. The van der Waals surface area contributed by atoms with Crippen LogP contribution in [0.1, 0.15) is 33.6 Å². The first-order chi connectivity index (χ1) is 6.22. The van der Waals surface area contributed by atoms with Gasteiger partial charge in [0, 0.05) is 6.04 Å². The van der Waals surface area contributed by atoms with Crippen molar-refractivity contribution in [2.45, 2.75) is 39.7 Å². The van der Waals surface area contributed by atoms with E-state index in [4.69, 9.17) is 0 Å². The van der Waals surface area contributed by atoms with Gasteiger partial charge in [0.25, 0.3) is 0 Å². The lowest BCUT2D eigenvalue weighted by Crippen LogP contribution is -2.43. The van der Waals surface area contributed by atoms with E-state index < -0.39 is 0 Å². The molecule has 1 unspecified atom stereocenters. The van der Waals surface area contributed by atoms with Crippen molar-refractivity contribution in [1.82, 2.24) is 10.6 Å². The van der Waals surface area contributed by atoms with Crippen LogP contribution in [-0.2, 0) is 0 Å². The normalized spacial score (nSPS) is 29.8. The minimum absolute atomic E-state index is 0.760. The molecule has 2 N–H and O–H groups in total. The Labute approximate surface area is 82.5 Å². The molecular formula is C11H24N2.